The van der Waals surface area contributed by atoms with Crippen LogP contribution in [-0.4, -0.2) is 59.9 Å². The second-order valence-electron chi connectivity index (χ2n) is 8.36. The first-order valence-corrected chi connectivity index (χ1v) is 11.8. The van der Waals surface area contributed by atoms with E-state index in [-0.39, 0.29) is 49.3 Å². The highest BCUT2D eigenvalue weighted by molar-refractivity contribution is 5.88. The van der Waals surface area contributed by atoms with Crippen LogP contribution in [0.2, 0.25) is 0 Å². The zero-order chi connectivity index (χ0) is 25.4. The summed E-state index contributed by atoms with van der Waals surface area (Å²) in [4.78, 5) is 59.4. The van der Waals surface area contributed by atoms with Gasteiger partial charge in [0.2, 0.25) is 11.8 Å². The summed E-state index contributed by atoms with van der Waals surface area (Å²) in [5, 5.41) is 13.9. The van der Waals surface area contributed by atoms with Gasteiger partial charge < -0.3 is 26.2 Å². The Morgan fingerprint density at radius 1 is 1.03 bits per heavy atom. The highest BCUT2D eigenvalue weighted by Gasteiger charge is 2.24. The summed E-state index contributed by atoms with van der Waals surface area (Å²) >= 11 is 0. The quantitative estimate of drug-likeness (QED) is 0.173. The molecule has 0 aromatic rings. The van der Waals surface area contributed by atoms with E-state index in [0.717, 1.165) is 12.8 Å². The molecule has 0 radical (unpaired) electrons. The molecule has 0 fully saturated rings. The van der Waals surface area contributed by atoms with Crippen molar-refractivity contribution in [1.82, 2.24) is 10.6 Å². The predicted octanol–water partition coefficient (Wildman–Crippen LogP) is 1.54. The Morgan fingerprint density at radius 2 is 1.70 bits per heavy atom. The van der Waals surface area contributed by atoms with E-state index in [2.05, 4.69) is 10.6 Å². The number of carboxylic acids is 1. The van der Waals surface area contributed by atoms with Crippen LogP contribution in [-0.2, 0) is 28.7 Å². The van der Waals surface area contributed by atoms with Gasteiger partial charge in [0.25, 0.3) is 0 Å². The average Bonchev–Trinajstić information content (AvgIpc) is 2.78. The lowest BCUT2D eigenvalue weighted by Crippen LogP contribution is -2.44. The maximum absolute atomic E-state index is 12.5. The van der Waals surface area contributed by atoms with Crippen LogP contribution in [0, 0.1) is 11.8 Å². The lowest BCUT2D eigenvalue weighted by atomic mass is 9.84. The fourth-order valence-corrected chi connectivity index (χ4v) is 3.25. The number of carbonyl (C=O) groups is 5. The number of carbonyl (C=O) groups excluding carboxylic acids is 4. The summed E-state index contributed by atoms with van der Waals surface area (Å²) < 4.78 is 5.04. The van der Waals surface area contributed by atoms with Gasteiger partial charge in [0.05, 0.1) is 13.2 Å². The molecule has 0 saturated heterocycles. The van der Waals surface area contributed by atoms with Crippen LogP contribution in [0.1, 0.15) is 79.1 Å². The average molecular weight is 472 g/mol. The first-order valence-electron chi connectivity index (χ1n) is 11.8. The third-order valence-electron chi connectivity index (χ3n) is 5.56. The highest BCUT2D eigenvalue weighted by Crippen LogP contribution is 2.24. The SMILES string of the molecule is CCCCOC(=O)[C@@H](C)NC(=O)CNC(=O)C[C@@H](CC)CC(CC)C(=O)CC[C@H](N)C(=O)O. The van der Waals surface area contributed by atoms with E-state index in [9.17, 15) is 24.0 Å². The van der Waals surface area contributed by atoms with Crippen molar-refractivity contribution in [3.8, 4) is 0 Å². The molecule has 4 atom stereocenters. The topological polar surface area (TPSA) is 165 Å². The van der Waals surface area contributed by atoms with E-state index < -0.39 is 29.9 Å². The van der Waals surface area contributed by atoms with E-state index in [1.54, 1.807) is 0 Å². The Morgan fingerprint density at radius 3 is 2.24 bits per heavy atom. The zero-order valence-corrected chi connectivity index (χ0v) is 20.4. The molecular formula is C23H41N3O7. The maximum atomic E-state index is 12.5. The van der Waals surface area contributed by atoms with Crippen LogP contribution in [0.5, 0.6) is 0 Å². The van der Waals surface area contributed by atoms with Gasteiger partial charge >= 0.3 is 11.9 Å². The fraction of sp³-hybridized carbons (Fsp3) is 0.783. The number of ether oxygens (including phenoxy) is 1. The normalized spacial score (nSPS) is 14.5. The highest BCUT2D eigenvalue weighted by atomic mass is 16.5. The second-order valence-corrected chi connectivity index (χ2v) is 8.36. The van der Waals surface area contributed by atoms with Crippen LogP contribution >= 0.6 is 0 Å². The molecule has 2 amide bonds. The molecule has 10 heteroatoms. The largest absolute Gasteiger partial charge is 0.480 e. The Kier molecular flexibility index (Phi) is 15.8. The van der Waals surface area contributed by atoms with Gasteiger partial charge in [-0.1, -0.05) is 33.6 Å². The number of hydrogen-bond donors (Lipinski definition) is 4. The molecule has 33 heavy (non-hydrogen) atoms. The monoisotopic (exact) mass is 471 g/mol. The molecule has 0 saturated carbocycles. The molecule has 190 valence electrons. The standard InChI is InChI=1S/C23H41N3O7/c1-5-8-11-33-23(32)15(4)26-21(29)14-25-20(28)13-16(6-2)12-17(7-3)19(27)10-9-18(24)22(30)31/h15-18H,5-14,24H2,1-4H3,(H,25,28)(H,26,29)(H,30,31)/t15-,16+,17?,18+/m1/s1. The van der Waals surface area contributed by atoms with Gasteiger partial charge in [0.15, 0.2) is 0 Å². The Balaban J connectivity index is 4.48. The minimum atomic E-state index is -1.13. The Bertz CT molecular complexity index is 654. The molecule has 0 aliphatic heterocycles. The van der Waals surface area contributed by atoms with Crippen LogP contribution in [0.15, 0.2) is 0 Å². The smallest absolute Gasteiger partial charge is 0.328 e. The summed E-state index contributed by atoms with van der Waals surface area (Å²) in [5.74, 6) is -2.83. The van der Waals surface area contributed by atoms with E-state index in [0.29, 0.717) is 25.9 Å². The summed E-state index contributed by atoms with van der Waals surface area (Å²) in [6.07, 6.45) is 3.76. The summed E-state index contributed by atoms with van der Waals surface area (Å²) in [5.41, 5.74) is 5.47. The van der Waals surface area contributed by atoms with Gasteiger partial charge in [0.1, 0.15) is 17.9 Å². The van der Waals surface area contributed by atoms with E-state index in [1.165, 1.54) is 6.92 Å². The van der Waals surface area contributed by atoms with Gasteiger partial charge in [0, 0.05) is 18.8 Å². The van der Waals surface area contributed by atoms with Crippen molar-refractivity contribution in [3.63, 3.8) is 0 Å². The number of esters is 1. The molecule has 0 aliphatic carbocycles. The number of nitrogens with one attached hydrogen (secondary N) is 2. The second kappa shape index (κ2) is 17.0. The van der Waals surface area contributed by atoms with Crippen molar-refractivity contribution in [3.05, 3.63) is 0 Å². The van der Waals surface area contributed by atoms with Crippen molar-refractivity contribution in [1.29, 1.82) is 0 Å². The Hall–Kier alpha value is -2.49. The summed E-state index contributed by atoms with van der Waals surface area (Å²) in [6.45, 7) is 7.35. The molecule has 0 spiro atoms. The number of unbranched alkanes of at least 4 members (excludes halogenated alkanes) is 1. The summed E-state index contributed by atoms with van der Waals surface area (Å²) in [7, 11) is 0. The molecule has 1 unspecified atom stereocenters. The van der Waals surface area contributed by atoms with Gasteiger partial charge in [-0.3, -0.25) is 19.2 Å². The molecule has 0 bridgehead atoms. The lowest BCUT2D eigenvalue weighted by molar-refractivity contribution is -0.147. The maximum Gasteiger partial charge on any atom is 0.328 e. The molecule has 0 aromatic carbocycles. The van der Waals surface area contributed by atoms with Crippen molar-refractivity contribution < 1.29 is 33.8 Å². The van der Waals surface area contributed by atoms with Crippen LogP contribution in [0.3, 0.4) is 0 Å². The third kappa shape index (κ3) is 13.6. The number of ketones is 1. The fourth-order valence-electron chi connectivity index (χ4n) is 3.25. The number of rotatable bonds is 18. The first kappa shape index (κ1) is 30.5. The van der Waals surface area contributed by atoms with Crippen molar-refractivity contribution >= 4 is 29.5 Å². The molecule has 5 N–H and O–H groups in total. The molecular weight excluding hydrogens is 430 g/mol. The van der Waals surface area contributed by atoms with E-state index in [1.807, 2.05) is 20.8 Å². The first-order chi connectivity index (χ1) is 15.5. The number of hydrogen-bond acceptors (Lipinski definition) is 7. The minimum absolute atomic E-state index is 0.0488. The molecule has 0 rings (SSSR count). The van der Waals surface area contributed by atoms with Gasteiger partial charge in [-0.05, 0) is 38.5 Å². The molecule has 10 nitrogen and oxygen atoms in total. The predicted molar refractivity (Wildman–Crippen MR) is 123 cm³/mol. The van der Waals surface area contributed by atoms with Gasteiger partial charge in [-0.15, -0.1) is 0 Å². The van der Waals surface area contributed by atoms with E-state index in [4.69, 9.17) is 15.6 Å². The van der Waals surface area contributed by atoms with Crippen molar-refractivity contribution in [2.75, 3.05) is 13.2 Å². The van der Waals surface area contributed by atoms with Crippen LogP contribution < -0.4 is 16.4 Å². The van der Waals surface area contributed by atoms with Crippen molar-refractivity contribution in [2.45, 2.75) is 91.1 Å². The zero-order valence-electron chi connectivity index (χ0n) is 20.4. The minimum Gasteiger partial charge on any atom is -0.480 e. The number of carboxylic acid groups (broad SMARTS) is 1. The Labute approximate surface area is 196 Å². The summed E-state index contributed by atoms with van der Waals surface area (Å²) in [6, 6.07) is -1.87. The lowest BCUT2D eigenvalue weighted by Gasteiger charge is -2.21. The van der Waals surface area contributed by atoms with Gasteiger partial charge in [-0.25, -0.2) is 4.79 Å². The number of amides is 2. The number of Topliss-reactive ketones (excluding diaryl/α,β-unsaturated/α-hetero) is 1. The van der Waals surface area contributed by atoms with E-state index >= 15 is 0 Å². The van der Waals surface area contributed by atoms with Crippen molar-refractivity contribution in [2.24, 2.45) is 17.6 Å². The van der Waals surface area contributed by atoms with Crippen LogP contribution in [0.25, 0.3) is 0 Å². The molecule has 0 heterocycles. The number of aliphatic carboxylic acids is 1. The third-order valence-corrected chi connectivity index (χ3v) is 5.56. The number of nitrogens with two attached hydrogens (primary N) is 1. The van der Waals surface area contributed by atoms with Crippen LogP contribution in [0.4, 0.5) is 0 Å². The molecule has 0 aliphatic rings. The molecule has 0 aromatic heterocycles. The van der Waals surface area contributed by atoms with Gasteiger partial charge in [-0.2, -0.15) is 0 Å².